The first kappa shape index (κ1) is 11.7. The largest absolute Gasteiger partial charge is 0.507 e. The van der Waals surface area contributed by atoms with Crippen molar-refractivity contribution in [2.75, 3.05) is 5.73 Å². The molecule has 0 aromatic heterocycles. The molecule has 0 aliphatic carbocycles. The van der Waals surface area contributed by atoms with E-state index in [0.717, 1.165) is 4.47 Å². The van der Waals surface area contributed by atoms with Gasteiger partial charge < -0.3 is 10.8 Å². The van der Waals surface area contributed by atoms with Crippen molar-refractivity contribution in [3.63, 3.8) is 0 Å². The number of carbonyl (C=O) groups excluding carboxylic acids is 1. The van der Waals surface area contributed by atoms with E-state index in [1.807, 2.05) is 0 Å². The molecule has 3 N–H and O–H groups in total. The van der Waals surface area contributed by atoms with Crippen molar-refractivity contribution in [1.29, 1.82) is 0 Å². The zero-order valence-electron chi connectivity index (χ0n) is 8.85. The minimum atomic E-state index is -0.284. The van der Waals surface area contributed by atoms with Crippen LogP contribution in [0.25, 0.3) is 0 Å². The van der Waals surface area contributed by atoms with Crippen LogP contribution < -0.4 is 5.73 Å². The summed E-state index contributed by atoms with van der Waals surface area (Å²) in [5.41, 5.74) is 6.79. The van der Waals surface area contributed by atoms with Gasteiger partial charge in [-0.2, -0.15) is 0 Å². The van der Waals surface area contributed by atoms with Gasteiger partial charge in [-0.1, -0.05) is 28.1 Å². The Kier molecular flexibility index (Phi) is 3.15. The van der Waals surface area contributed by atoms with E-state index in [4.69, 9.17) is 5.73 Å². The molecule has 0 unspecified atom stereocenters. The zero-order chi connectivity index (χ0) is 12.4. The molecule has 0 amide bonds. The van der Waals surface area contributed by atoms with Crippen molar-refractivity contribution in [1.82, 2.24) is 0 Å². The number of para-hydroxylation sites is 1. The topological polar surface area (TPSA) is 63.3 Å². The van der Waals surface area contributed by atoms with Crippen LogP contribution in [0.3, 0.4) is 0 Å². The Balaban J connectivity index is 2.48. The summed E-state index contributed by atoms with van der Waals surface area (Å²) in [6, 6.07) is 11.4. The fourth-order valence-corrected chi connectivity index (χ4v) is 1.93. The summed E-state index contributed by atoms with van der Waals surface area (Å²) in [7, 11) is 0. The monoisotopic (exact) mass is 291 g/mol. The number of nitrogen functional groups attached to an aromatic ring is 1. The molecule has 2 rings (SSSR count). The van der Waals surface area contributed by atoms with E-state index in [2.05, 4.69) is 15.9 Å². The van der Waals surface area contributed by atoms with E-state index in [0.29, 0.717) is 11.3 Å². The summed E-state index contributed by atoms with van der Waals surface area (Å²) in [4.78, 5) is 12.1. The third-order valence-corrected chi connectivity index (χ3v) is 2.90. The molecule has 0 aliphatic rings. The minimum absolute atomic E-state index is 0.0418. The Morgan fingerprint density at radius 1 is 1.12 bits per heavy atom. The third-order valence-electron chi connectivity index (χ3n) is 2.41. The molecule has 0 saturated heterocycles. The molecule has 86 valence electrons. The number of ketones is 1. The quantitative estimate of drug-likeness (QED) is 0.660. The molecule has 0 spiro atoms. The Morgan fingerprint density at radius 3 is 2.47 bits per heavy atom. The molecular formula is C13H10BrNO2. The van der Waals surface area contributed by atoms with E-state index in [1.165, 1.54) is 6.07 Å². The van der Waals surface area contributed by atoms with Crippen molar-refractivity contribution < 1.29 is 9.90 Å². The lowest BCUT2D eigenvalue weighted by molar-refractivity contribution is 0.103. The predicted molar refractivity (Wildman–Crippen MR) is 70.1 cm³/mol. The highest BCUT2D eigenvalue weighted by Crippen LogP contribution is 2.25. The minimum Gasteiger partial charge on any atom is -0.507 e. The number of carbonyl (C=O) groups is 1. The second kappa shape index (κ2) is 4.59. The third kappa shape index (κ3) is 2.31. The van der Waals surface area contributed by atoms with Crippen molar-refractivity contribution in [3.8, 4) is 5.75 Å². The first-order valence-corrected chi connectivity index (χ1v) is 5.76. The molecule has 0 heterocycles. The summed E-state index contributed by atoms with van der Waals surface area (Å²) >= 11 is 3.28. The maximum atomic E-state index is 12.1. The number of benzene rings is 2. The molecule has 2 aromatic rings. The van der Waals surface area contributed by atoms with Crippen LogP contribution in [0, 0.1) is 0 Å². The normalized spacial score (nSPS) is 10.2. The predicted octanol–water partition coefficient (Wildman–Crippen LogP) is 2.97. The van der Waals surface area contributed by atoms with Gasteiger partial charge in [-0.15, -0.1) is 0 Å². The van der Waals surface area contributed by atoms with Gasteiger partial charge in [0.25, 0.3) is 0 Å². The number of phenols is 1. The van der Waals surface area contributed by atoms with E-state index < -0.39 is 0 Å². The molecule has 0 fully saturated rings. The van der Waals surface area contributed by atoms with Crippen LogP contribution in [0.4, 0.5) is 5.69 Å². The van der Waals surface area contributed by atoms with Crippen LogP contribution >= 0.6 is 15.9 Å². The SMILES string of the molecule is Nc1cc(Br)ccc1C(=O)c1ccccc1O. The van der Waals surface area contributed by atoms with Crippen LogP contribution in [-0.2, 0) is 0 Å². The second-order valence-corrected chi connectivity index (χ2v) is 4.49. The number of hydrogen-bond donors (Lipinski definition) is 2. The van der Waals surface area contributed by atoms with Gasteiger partial charge in [-0.3, -0.25) is 4.79 Å². The molecule has 0 aliphatic heterocycles. The smallest absolute Gasteiger partial charge is 0.198 e. The number of phenolic OH excluding ortho intramolecular Hbond substituents is 1. The Morgan fingerprint density at radius 2 is 1.82 bits per heavy atom. The fourth-order valence-electron chi connectivity index (χ4n) is 1.55. The molecule has 4 heteroatoms. The molecule has 0 atom stereocenters. The molecule has 2 aromatic carbocycles. The summed E-state index contributed by atoms with van der Waals surface area (Å²) in [6.45, 7) is 0. The number of anilines is 1. The van der Waals surface area contributed by atoms with Gasteiger partial charge in [0.1, 0.15) is 5.75 Å². The molecule has 0 bridgehead atoms. The molecular weight excluding hydrogens is 282 g/mol. The lowest BCUT2D eigenvalue weighted by Gasteiger charge is -2.06. The Hall–Kier alpha value is -1.81. The highest BCUT2D eigenvalue weighted by molar-refractivity contribution is 9.10. The molecule has 3 nitrogen and oxygen atoms in total. The van der Waals surface area contributed by atoms with Crippen molar-refractivity contribution in [2.45, 2.75) is 0 Å². The van der Waals surface area contributed by atoms with Crippen LogP contribution in [0.5, 0.6) is 5.75 Å². The number of aromatic hydroxyl groups is 1. The fraction of sp³-hybridized carbons (Fsp3) is 0. The van der Waals surface area contributed by atoms with Gasteiger partial charge >= 0.3 is 0 Å². The lowest BCUT2D eigenvalue weighted by Crippen LogP contribution is -2.05. The van der Waals surface area contributed by atoms with E-state index >= 15 is 0 Å². The highest BCUT2D eigenvalue weighted by Gasteiger charge is 2.15. The number of nitrogens with two attached hydrogens (primary N) is 1. The van der Waals surface area contributed by atoms with E-state index in [-0.39, 0.29) is 17.1 Å². The average Bonchev–Trinajstić information content (AvgIpc) is 2.29. The first-order chi connectivity index (χ1) is 8.09. The summed E-state index contributed by atoms with van der Waals surface area (Å²) in [5, 5.41) is 9.62. The van der Waals surface area contributed by atoms with Crippen molar-refractivity contribution >= 4 is 27.4 Å². The van der Waals surface area contributed by atoms with Gasteiger partial charge in [-0.25, -0.2) is 0 Å². The summed E-state index contributed by atoms with van der Waals surface area (Å²) in [6.07, 6.45) is 0. The summed E-state index contributed by atoms with van der Waals surface area (Å²) in [5.74, 6) is -0.326. The second-order valence-electron chi connectivity index (χ2n) is 3.58. The molecule has 17 heavy (non-hydrogen) atoms. The van der Waals surface area contributed by atoms with Gasteiger partial charge in [0.05, 0.1) is 5.56 Å². The number of rotatable bonds is 2. The van der Waals surface area contributed by atoms with E-state index in [9.17, 15) is 9.90 Å². The maximum Gasteiger partial charge on any atom is 0.198 e. The standard InChI is InChI=1S/C13H10BrNO2/c14-8-5-6-9(11(15)7-8)13(17)10-3-1-2-4-12(10)16/h1-7,16H,15H2. The lowest BCUT2D eigenvalue weighted by atomic mass is 10.0. The van der Waals surface area contributed by atoms with Gasteiger partial charge in [0.15, 0.2) is 5.78 Å². The Bertz CT molecular complexity index is 581. The molecule has 0 saturated carbocycles. The van der Waals surface area contributed by atoms with Crippen molar-refractivity contribution in [2.24, 2.45) is 0 Å². The van der Waals surface area contributed by atoms with Crippen LogP contribution in [0.2, 0.25) is 0 Å². The van der Waals surface area contributed by atoms with Gasteiger partial charge in [0.2, 0.25) is 0 Å². The molecule has 0 radical (unpaired) electrons. The highest BCUT2D eigenvalue weighted by atomic mass is 79.9. The van der Waals surface area contributed by atoms with Crippen LogP contribution in [0.1, 0.15) is 15.9 Å². The van der Waals surface area contributed by atoms with Gasteiger partial charge in [-0.05, 0) is 30.3 Å². The van der Waals surface area contributed by atoms with Crippen LogP contribution in [0.15, 0.2) is 46.9 Å². The van der Waals surface area contributed by atoms with Crippen LogP contribution in [-0.4, -0.2) is 10.9 Å². The number of hydrogen-bond acceptors (Lipinski definition) is 3. The van der Waals surface area contributed by atoms with Crippen molar-refractivity contribution in [3.05, 3.63) is 58.1 Å². The number of halogens is 1. The Labute approximate surface area is 107 Å². The van der Waals surface area contributed by atoms with E-state index in [1.54, 1.807) is 36.4 Å². The van der Waals surface area contributed by atoms with Gasteiger partial charge in [0, 0.05) is 15.7 Å². The average molecular weight is 292 g/mol. The summed E-state index contributed by atoms with van der Waals surface area (Å²) < 4.78 is 0.809. The zero-order valence-corrected chi connectivity index (χ0v) is 10.4. The maximum absolute atomic E-state index is 12.1. The first-order valence-electron chi connectivity index (χ1n) is 4.97.